The Kier molecular flexibility index (Phi) is 6.86. The molecule has 4 heteroatoms. The van der Waals surface area contributed by atoms with Gasteiger partial charge in [0.15, 0.2) is 0 Å². The molecule has 1 fully saturated rings. The molecule has 1 aliphatic rings. The first-order valence-electron chi connectivity index (χ1n) is 9.91. The molecule has 0 atom stereocenters. The molecule has 0 amide bonds. The van der Waals surface area contributed by atoms with Crippen molar-refractivity contribution < 1.29 is 13.2 Å². The maximum atomic E-state index is 14.5. The highest BCUT2D eigenvalue weighted by Crippen LogP contribution is 2.36. The van der Waals surface area contributed by atoms with Gasteiger partial charge in [0.1, 0.15) is 22.5 Å². The van der Waals surface area contributed by atoms with E-state index in [1.807, 2.05) is 0 Å². The van der Waals surface area contributed by atoms with E-state index in [1.54, 1.807) is 12.1 Å². The van der Waals surface area contributed by atoms with Gasteiger partial charge in [-0.2, -0.15) is 0 Å². The number of halogens is 4. The van der Waals surface area contributed by atoms with Crippen molar-refractivity contribution in [3.63, 3.8) is 0 Å². The molecule has 0 bridgehead atoms. The van der Waals surface area contributed by atoms with Crippen LogP contribution >= 0.6 is 11.6 Å². The van der Waals surface area contributed by atoms with Gasteiger partial charge >= 0.3 is 0 Å². The lowest BCUT2D eigenvalue weighted by Gasteiger charge is -2.28. The predicted octanol–water partition coefficient (Wildman–Crippen LogP) is 7.96. The van der Waals surface area contributed by atoms with Crippen LogP contribution in [-0.4, -0.2) is 0 Å². The summed E-state index contributed by atoms with van der Waals surface area (Å²) in [6.07, 6.45) is 8.94. The summed E-state index contributed by atoms with van der Waals surface area (Å²) >= 11 is 5.58. The zero-order chi connectivity index (χ0) is 19.4. The maximum Gasteiger partial charge on any atom is 0.145 e. The summed E-state index contributed by atoms with van der Waals surface area (Å²) in [6, 6.07) is 7.08. The Labute approximate surface area is 164 Å². The lowest BCUT2D eigenvalue weighted by molar-refractivity contribution is 0.252. The van der Waals surface area contributed by atoms with Crippen LogP contribution in [0.2, 0.25) is 5.02 Å². The van der Waals surface area contributed by atoms with Crippen molar-refractivity contribution in [2.24, 2.45) is 11.8 Å². The van der Waals surface area contributed by atoms with Gasteiger partial charge < -0.3 is 0 Å². The van der Waals surface area contributed by atoms with Gasteiger partial charge in [-0.1, -0.05) is 69.2 Å². The molecule has 0 heterocycles. The van der Waals surface area contributed by atoms with E-state index in [1.165, 1.54) is 56.7 Å². The van der Waals surface area contributed by atoms with Gasteiger partial charge in [-0.05, 0) is 59.6 Å². The van der Waals surface area contributed by atoms with Gasteiger partial charge in [0.2, 0.25) is 0 Å². The quantitative estimate of drug-likeness (QED) is 0.436. The van der Waals surface area contributed by atoms with Crippen molar-refractivity contribution in [3.05, 3.63) is 58.4 Å². The molecule has 3 rings (SSSR count). The van der Waals surface area contributed by atoms with E-state index in [0.717, 1.165) is 12.3 Å². The average molecular weight is 395 g/mol. The zero-order valence-corrected chi connectivity index (χ0v) is 16.5. The molecule has 0 saturated heterocycles. The van der Waals surface area contributed by atoms with Crippen LogP contribution in [0.5, 0.6) is 0 Å². The standard InChI is InChI=1S/C23H26ClF3/c1-2-4-15-7-9-16(10-8-15)11-12-19-18(5-3-6-20(19)25)17-13-21(26)23(24)22(27)14-17/h3,5-6,13-16H,2,4,7-12H2,1H3. The van der Waals surface area contributed by atoms with Crippen LogP contribution in [0.1, 0.15) is 57.4 Å². The van der Waals surface area contributed by atoms with Crippen molar-refractivity contribution >= 4 is 11.6 Å². The minimum absolute atomic E-state index is 0.317. The molecular formula is C23H26ClF3. The summed E-state index contributed by atoms with van der Waals surface area (Å²) in [6.45, 7) is 2.23. The Morgan fingerprint density at radius 1 is 0.889 bits per heavy atom. The molecule has 1 aliphatic carbocycles. The molecule has 0 radical (unpaired) electrons. The van der Waals surface area contributed by atoms with Crippen LogP contribution in [0.15, 0.2) is 30.3 Å². The minimum Gasteiger partial charge on any atom is -0.207 e. The summed E-state index contributed by atoms with van der Waals surface area (Å²) in [5, 5.41) is -0.527. The second kappa shape index (κ2) is 9.14. The molecule has 0 unspecified atom stereocenters. The molecule has 0 aliphatic heterocycles. The Hall–Kier alpha value is -1.48. The molecule has 1 saturated carbocycles. The number of benzene rings is 2. The van der Waals surface area contributed by atoms with E-state index in [4.69, 9.17) is 11.6 Å². The Morgan fingerprint density at radius 3 is 2.07 bits per heavy atom. The van der Waals surface area contributed by atoms with Gasteiger partial charge in [0, 0.05) is 0 Å². The summed E-state index contributed by atoms with van der Waals surface area (Å²) in [7, 11) is 0. The second-order valence-electron chi connectivity index (χ2n) is 7.73. The lowest BCUT2D eigenvalue weighted by Crippen LogP contribution is -2.15. The first-order chi connectivity index (χ1) is 13.0. The largest absolute Gasteiger partial charge is 0.207 e. The van der Waals surface area contributed by atoms with Crippen molar-refractivity contribution in [2.75, 3.05) is 0 Å². The minimum atomic E-state index is -0.823. The Bertz CT molecular complexity index is 756. The fourth-order valence-corrected chi connectivity index (χ4v) is 4.47. The van der Waals surface area contributed by atoms with Crippen molar-refractivity contribution in [1.29, 1.82) is 0 Å². The van der Waals surface area contributed by atoms with Crippen molar-refractivity contribution in [2.45, 2.75) is 58.3 Å². The fraction of sp³-hybridized carbons (Fsp3) is 0.478. The highest BCUT2D eigenvalue weighted by Gasteiger charge is 2.22. The van der Waals surface area contributed by atoms with Crippen LogP contribution in [0.3, 0.4) is 0 Å². The van der Waals surface area contributed by atoms with E-state index in [9.17, 15) is 13.2 Å². The molecule has 0 aromatic heterocycles. The van der Waals surface area contributed by atoms with Crippen molar-refractivity contribution in [1.82, 2.24) is 0 Å². The van der Waals surface area contributed by atoms with Crippen LogP contribution in [-0.2, 0) is 6.42 Å². The van der Waals surface area contributed by atoms with E-state index in [-0.39, 0.29) is 5.82 Å². The number of rotatable bonds is 6. The van der Waals surface area contributed by atoms with Crippen LogP contribution in [0.4, 0.5) is 13.2 Å². The first kappa shape index (κ1) is 20.3. The van der Waals surface area contributed by atoms with Gasteiger partial charge in [-0.15, -0.1) is 0 Å². The Balaban J connectivity index is 1.75. The number of hydrogen-bond donors (Lipinski definition) is 0. The molecule has 0 nitrogen and oxygen atoms in total. The molecule has 2 aromatic rings. The highest BCUT2D eigenvalue weighted by molar-refractivity contribution is 6.31. The summed E-state index contributed by atoms with van der Waals surface area (Å²) < 4.78 is 42.3. The highest BCUT2D eigenvalue weighted by atomic mass is 35.5. The molecule has 27 heavy (non-hydrogen) atoms. The van der Waals surface area contributed by atoms with Gasteiger partial charge in [0.05, 0.1) is 0 Å². The van der Waals surface area contributed by atoms with Crippen LogP contribution in [0.25, 0.3) is 11.1 Å². The maximum absolute atomic E-state index is 14.5. The topological polar surface area (TPSA) is 0 Å². The van der Waals surface area contributed by atoms with Crippen molar-refractivity contribution in [3.8, 4) is 11.1 Å². The van der Waals surface area contributed by atoms with Gasteiger partial charge in [-0.3, -0.25) is 0 Å². The van der Waals surface area contributed by atoms with E-state index >= 15 is 0 Å². The third-order valence-electron chi connectivity index (χ3n) is 5.88. The number of hydrogen-bond acceptors (Lipinski definition) is 0. The van der Waals surface area contributed by atoms with Crippen LogP contribution in [0, 0.1) is 29.3 Å². The third kappa shape index (κ3) is 4.87. The fourth-order valence-electron chi connectivity index (χ4n) is 4.36. The third-order valence-corrected chi connectivity index (χ3v) is 6.24. The monoisotopic (exact) mass is 394 g/mol. The molecule has 2 aromatic carbocycles. The second-order valence-corrected chi connectivity index (χ2v) is 8.11. The molecule has 0 N–H and O–H groups in total. The molecule has 146 valence electrons. The molecular weight excluding hydrogens is 369 g/mol. The van der Waals surface area contributed by atoms with Gasteiger partial charge in [-0.25, -0.2) is 13.2 Å². The molecule has 0 spiro atoms. The lowest BCUT2D eigenvalue weighted by atomic mass is 9.77. The van der Waals surface area contributed by atoms with Gasteiger partial charge in [0.25, 0.3) is 0 Å². The smallest absolute Gasteiger partial charge is 0.145 e. The van der Waals surface area contributed by atoms with Crippen LogP contribution < -0.4 is 0 Å². The zero-order valence-electron chi connectivity index (χ0n) is 15.7. The predicted molar refractivity (Wildman–Crippen MR) is 105 cm³/mol. The Morgan fingerprint density at radius 2 is 1.48 bits per heavy atom. The van der Waals surface area contributed by atoms with E-state index in [0.29, 0.717) is 29.0 Å². The normalized spacial score (nSPS) is 20.0. The summed E-state index contributed by atoms with van der Waals surface area (Å²) in [5.41, 5.74) is 1.41. The van der Waals surface area contributed by atoms with E-state index in [2.05, 4.69) is 6.92 Å². The first-order valence-corrected chi connectivity index (χ1v) is 10.3. The van der Waals surface area contributed by atoms with E-state index < -0.39 is 16.7 Å². The summed E-state index contributed by atoms with van der Waals surface area (Å²) in [5.74, 6) is -0.519. The SMILES string of the molecule is CCCC1CCC(CCc2c(F)cccc2-c2cc(F)c(Cl)c(F)c2)CC1. The summed E-state index contributed by atoms with van der Waals surface area (Å²) in [4.78, 5) is 0. The average Bonchev–Trinajstić information content (AvgIpc) is 2.66.